The Hall–Kier alpha value is -2.86. The molecule has 2 aromatic carbocycles. The molecule has 3 aromatic rings. The normalized spacial score (nSPS) is 10.6. The highest BCUT2D eigenvalue weighted by molar-refractivity contribution is 7.99. The van der Waals surface area contributed by atoms with E-state index in [1.54, 1.807) is 0 Å². The Kier molecular flexibility index (Phi) is 6.44. The number of amides is 2. The molecule has 27 heavy (non-hydrogen) atoms. The zero-order valence-electron chi connectivity index (χ0n) is 15.1. The molecule has 1 aromatic heterocycles. The fourth-order valence-electron chi connectivity index (χ4n) is 2.64. The van der Waals surface area contributed by atoms with E-state index in [9.17, 15) is 9.59 Å². The average molecular weight is 379 g/mol. The summed E-state index contributed by atoms with van der Waals surface area (Å²) in [5, 5.41) is 7.33. The van der Waals surface area contributed by atoms with Gasteiger partial charge >= 0.3 is 0 Å². The molecule has 5 nitrogen and oxygen atoms in total. The quantitative estimate of drug-likeness (QED) is 0.615. The van der Waals surface area contributed by atoms with Crippen molar-refractivity contribution in [1.29, 1.82) is 0 Å². The van der Waals surface area contributed by atoms with Gasteiger partial charge in [-0.15, -0.1) is 0 Å². The summed E-state index contributed by atoms with van der Waals surface area (Å²) in [5.74, 6) is -0.226. The predicted octanol–water partition coefficient (Wildman–Crippen LogP) is 3.64. The molecule has 0 aliphatic heterocycles. The van der Waals surface area contributed by atoms with Gasteiger partial charge in [0.15, 0.2) is 0 Å². The van der Waals surface area contributed by atoms with E-state index in [1.165, 1.54) is 11.8 Å². The van der Waals surface area contributed by atoms with Gasteiger partial charge in [-0.3, -0.25) is 9.59 Å². The van der Waals surface area contributed by atoms with E-state index in [4.69, 9.17) is 0 Å². The SMILES string of the molecule is CCc1ccccc1NC(=O)CNC(=O)CSc1ccc2ccccc2n1. The Morgan fingerprint density at radius 2 is 1.74 bits per heavy atom. The van der Waals surface area contributed by atoms with Crippen LogP contribution in [0.3, 0.4) is 0 Å². The fraction of sp³-hybridized carbons (Fsp3) is 0.190. The fourth-order valence-corrected chi connectivity index (χ4v) is 3.35. The molecule has 1 heterocycles. The van der Waals surface area contributed by atoms with Crippen molar-refractivity contribution in [3.63, 3.8) is 0 Å². The molecule has 2 amide bonds. The van der Waals surface area contributed by atoms with E-state index in [0.717, 1.165) is 33.6 Å². The maximum atomic E-state index is 12.1. The molecule has 0 spiro atoms. The number of benzene rings is 2. The number of nitrogens with one attached hydrogen (secondary N) is 2. The molecule has 3 rings (SSSR count). The van der Waals surface area contributed by atoms with Crippen LogP contribution in [0.4, 0.5) is 5.69 Å². The third-order valence-corrected chi connectivity index (χ3v) is 4.97. The molecule has 0 aliphatic carbocycles. The van der Waals surface area contributed by atoms with Gasteiger partial charge in [-0.1, -0.05) is 61.2 Å². The van der Waals surface area contributed by atoms with Gasteiger partial charge in [0.2, 0.25) is 11.8 Å². The number of nitrogens with zero attached hydrogens (tertiary/aromatic N) is 1. The van der Waals surface area contributed by atoms with Gasteiger partial charge in [0.25, 0.3) is 0 Å². The second-order valence-corrected chi connectivity index (χ2v) is 6.96. The number of para-hydroxylation sites is 2. The molecule has 0 atom stereocenters. The van der Waals surface area contributed by atoms with Crippen LogP contribution in [0.2, 0.25) is 0 Å². The molecule has 0 fully saturated rings. The van der Waals surface area contributed by atoms with E-state index in [-0.39, 0.29) is 24.1 Å². The average Bonchev–Trinajstić information content (AvgIpc) is 2.71. The van der Waals surface area contributed by atoms with Gasteiger partial charge in [-0.05, 0) is 30.2 Å². The number of fused-ring (bicyclic) bond motifs is 1. The second kappa shape index (κ2) is 9.19. The number of carbonyl (C=O) groups excluding carboxylic acids is 2. The maximum absolute atomic E-state index is 12.1. The number of thioether (sulfide) groups is 1. The first kappa shape index (κ1) is 18.9. The summed E-state index contributed by atoms with van der Waals surface area (Å²) in [4.78, 5) is 28.6. The lowest BCUT2D eigenvalue weighted by Gasteiger charge is -2.10. The largest absolute Gasteiger partial charge is 0.346 e. The summed E-state index contributed by atoms with van der Waals surface area (Å²) < 4.78 is 0. The summed E-state index contributed by atoms with van der Waals surface area (Å²) in [7, 11) is 0. The van der Waals surface area contributed by atoms with Gasteiger partial charge < -0.3 is 10.6 Å². The maximum Gasteiger partial charge on any atom is 0.243 e. The number of anilines is 1. The molecule has 0 saturated carbocycles. The lowest BCUT2D eigenvalue weighted by Crippen LogP contribution is -2.34. The Morgan fingerprint density at radius 3 is 2.59 bits per heavy atom. The van der Waals surface area contributed by atoms with Crippen LogP contribution in [0.25, 0.3) is 10.9 Å². The van der Waals surface area contributed by atoms with Crippen LogP contribution in [0.15, 0.2) is 65.7 Å². The van der Waals surface area contributed by atoms with Crippen molar-refractivity contribution in [2.24, 2.45) is 0 Å². The van der Waals surface area contributed by atoms with Crippen molar-refractivity contribution in [3.05, 3.63) is 66.2 Å². The molecular formula is C21H21N3O2S. The molecule has 0 radical (unpaired) electrons. The molecule has 138 valence electrons. The topological polar surface area (TPSA) is 71.1 Å². The van der Waals surface area contributed by atoms with Crippen LogP contribution in [0, 0.1) is 0 Å². The highest BCUT2D eigenvalue weighted by Crippen LogP contribution is 2.19. The Morgan fingerprint density at radius 1 is 0.963 bits per heavy atom. The Labute approximate surface area is 162 Å². The van der Waals surface area contributed by atoms with E-state index < -0.39 is 0 Å². The number of aryl methyl sites for hydroxylation is 1. The lowest BCUT2D eigenvalue weighted by molar-refractivity contribution is -0.122. The molecule has 0 bridgehead atoms. The predicted molar refractivity (Wildman–Crippen MR) is 110 cm³/mol. The standard InChI is InChI=1S/C21H21N3O2S/c1-2-15-7-3-5-9-17(15)23-19(25)13-22-20(26)14-27-21-12-11-16-8-4-6-10-18(16)24-21/h3-12H,2,13-14H2,1H3,(H,22,26)(H,23,25). The third-order valence-electron chi connectivity index (χ3n) is 4.04. The minimum absolute atomic E-state index is 0.0530. The number of aromatic nitrogens is 1. The molecule has 0 unspecified atom stereocenters. The van der Waals surface area contributed by atoms with Crippen LogP contribution in [-0.4, -0.2) is 29.1 Å². The van der Waals surface area contributed by atoms with Crippen LogP contribution < -0.4 is 10.6 Å². The number of hydrogen-bond donors (Lipinski definition) is 2. The third kappa shape index (κ3) is 5.31. The van der Waals surface area contributed by atoms with Gasteiger partial charge in [0.1, 0.15) is 0 Å². The number of hydrogen-bond acceptors (Lipinski definition) is 4. The molecular weight excluding hydrogens is 358 g/mol. The first-order valence-electron chi connectivity index (χ1n) is 8.78. The molecule has 6 heteroatoms. The minimum Gasteiger partial charge on any atom is -0.346 e. The van der Waals surface area contributed by atoms with E-state index in [2.05, 4.69) is 15.6 Å². The van der Waals surface area contributed by atoms with Crippen molar-refractivity contribution in [3.8, 4) is 0 Å². The Balaban J connectivity index is 1.46. The molecule has 0 saturated heterocycles. The van der Waals surface area contributed by atoms with E-state index in [1.807, 2.05) is 67.6 Å². The smallest absolute Gasteiger partial charge is 0.243 e. The van der Waals surface area contributed by atoms with Crippen molar-refractivity contribution in [2.45, 2.75) is 18.4 Å². The molecule has 2 N–H and O–H groups in total. The summed E-state index contributed by atoms with van der Waals surface area (Å²) in [6.07, 6.45) is 0.832. The van der Waals surface area contributed by atoms with Crippen LogP contribution >= 0.6 is 11.8 Å². The van der Waals surface area contributed by atoms with Gasteiger partial charge in [0, 0.05) is 11.1 Å². The van der Waals surface area contributed by atoms with Crippen LogP contribution in [0.5, 0.6) is 0 Å². The first-order chi connectivity index (χ1) is 13.2. The zero-order valence-corrected chi connectivity index (χ0v) is 15.9. The van der Waals surface area contributed by atoms with E-state index >= 15 is 0 Å². The minimum atomic E-state index is -0.238. The summed E-state index contributed by atoms with van der Waals surface area (Å²) >= 11 is 1.35. The molecule has 0 aliphatic rings. The van der Waals surface area contributed by atoms with Crippen LogP contribution in [0.1, 0.15) is 12.5 Å². The van der Waals surface area contributed by atoms with Gasteiger partial charge in [0.05, 0.1) is 22.8 Å². The number of rotatable bonds is 7. The summed E-state index contributed by atoms with van der Waals surface area (Å²) in [6.45, 7) is 1.98. The van der Waals surface area contributed by atoms with Gasteiger partial charge in [-0.25, -0.2) is 4.98 Å². The Bertz CT molecular complexity index is 959. The van der Waals surface area contributed by atoms with Crippen molar-refractivity contribution in [2.75, 3.05) is 17.6 Å². The summed E-state index contributed by atoms with van der Waals surface area (Å²) in [5.41, 5.74) is 2.75. The van der Waals surface area contributed by atoms with Gasteiger partial charge in [-0.2, -0.15) is 0 Å². The second-order valence-electron chi connectivity index (χ2n) is 5.97. The highest BCUT2D eigenvalue weighted by Gasteiger charge is 2.09. The summed E-state index contributed by atoms with van der Waals surface area (Å²) in [6, 6.07) is 19.4. The van der Waals surface area contributed by atoms with Crippen molar-refractivity contribution >= 4 is 40.2 Å². The highest BCUT2D eigenvalue weighted by atomic mass is 32.2. The monoisotopic (exact) mass is 379 g/mol. The van der Waals surface area contributed by atoms with Crippen LogP contribution in [-0.2, 0) is 16.0 Å². The zero-order chi connectivity index (χ0) is 19.1. The number of carbonyl (C=O) groups is 2. The lowest BCUT2D eigenvalue weighted by atomic mass is 10.1. The van der Waals surface area contributed by atoms with E-state index in [0.29, 0.717) is 0 Å². The van der Waals surface area contributed by atoms with Crippen molar-refractivity contribution < 1.29 is 9.59 Å². The number of pyridine rings is 1. The first-order valence-corrected chi connectivity index (χ1v) is 9.77. The van der Waals surface area contributed by atoms with Crippen molar-refractivity contribution in [1.82, 2.24) is 10.3 Å².